The van der Waals surface area contributed by atoms with Crippen molar-refractivity contribution in [3.05, 3.63) is 135 Å². The van der Waals surface area contributed by atoms with Gasteiger partial charge in [-0.05, 0) is 96.4 Å². The molecule has 0 atom stereocenters. The van der Waals surface area contributed by atoms with E-state index in [9.17, 15) is 61.5 Å². The second-order valence-corrected chi connectivity index (χ2v) is 18.4. The molecule has 0 radical (unpaired) electrons. The lowest BCUT2D eigenvalue weighted by molar-refractivity contribution is -0.432. The van der Waals surface area contributed by atoms with Crippen LogP contribution in [0.1, 0.15) is 0 Å². The third-order valence-corrected chi connectivity index (χ3v) is 12.5. The van der Waals surface area contributed by atoms with Gasteiger partial charge in [0, 0.05) is 35.6 Å². The van der Waals surface area contributed by atoms with Gasteiger partial charge in [0.05, 0.1) is 82.4 Å². The molecule has 0 aliphatic heterocycles. The van der Waals surface area contributed by atoms with Gasteiger partial charge in [-0.1, -0.05) is 10.1 Å². The number of benzene rings is 7. The van der Waals surface area contributed by atoms with E-state index >= 15 is 0 Å². The lowest BCUT2D eigenvalue weighted by atomic mass is 10.1. The van der Waals surface area contributed by atoms with Crippen molar-refractivity contribution in [1.82, 2.24) is 0 Å². The normalized spacial score (nSPS) is 12.1. The maximum Gasteiger partial charge on any atom is 0.296 e. The molecule has 0 aromatic heterocycles. The standard InChI is InChI=1S/C40H28N10O19S4/c51-32-14-13-30(39(52)37(32)47-43-23-5-1-21(2-6-23)41-28-11-9-25(49(54)55)17-33(28)70-68-66-58)45-46-31-19-27(72(60,61)62)15-20-16-34(71-69-67-59)38(40(53)36(20)31)48-44-24-7-3-22(4-8-24)42-29-12-10-26(50(56)57)18-35(29)73(63,64)65/h1-19,41-42,51-53,58-59H,(H,60,61,62)(H,63,64,65)/b46-45+,47-43?,48-44?. The van der Waals surface area contributed by atoms with Crippen molar-refractivity contribution < 1.29 is 80.4 Å². The number of anilines is 4. The highest BCUT2D eigenvalue weighted by Crippen LogP contribution is 2.49. The number of fused-ring (bicyclic) bond motifs is 1. The Morgan fingerprint density at radius 3 is 1.63 bits per heavy atom. The van der Waals surface area contributed by atoms with E-state index in [0.29, 0.717) is 29.5 Å². The van der Waals surface area contributed by atoms with Gasteiger partial charge in [-0.3, -0.25) is 29.3 Å². The zero-order chi connectivity index (χ0) is 52.6. The fourth-order valence-electron chi connectivity index (χ4n) is 6.26. The van der Waals surface area contributed by atoms with Crippen LogP contribution in [0.25, 0.3) is 10.8 Å². The molecular weight excluding hydrogens is 1050 g/mol. The Morgan fingerprint density at radius 1 is 0.534 bits per heavy atom. The van der Waals surface area contributed by atoms with Crippen molar-refractivity contribution in [2.75, 3.05) is 10.6 Å². The molecule has 0 saturated carbocycles. The maximum absolute atomic E-state index is 12.4. The van der Waals surface area contributed by atoms with Gasteiger partial charge >= 0.3 is 0 Å². The first-order valence-corrected chi connectivity index (χ1v) is 23.8. The summed E-state index contributed by atoms with van der Waals surface area (Å²) in [6, 6.07) is 23.2. The zero-order valence-electron chi connectivity index (χ0n) is 35.7. The van der Waals surface area contributed by atoms with Crippen molar-refractivity contribution in [3.8, 4) is 17.2 Å². The minimum absolute atomic E-state index is 0.0981. The first kappa shape index (κ1) is 52.5. The van der Waals surface area contributed by atoms with E-state index in [0.717, 1.165) is 36.4 Å². The van der Waals surface area contributed by atoms with Gasteiger partial charge in [-0.2, -0.15) is 27.1 Å². The van der Waals surface area contributed by atoms with E-state index in [1.165, 1.54) is 72.8 Å². The Kier molecular flexibility index (Phi) is 16.1. The summed E-state index contributed by atoms with van der Waals surface area (Å²) in [5.41, 5.74) is -1.47. The molecule has 0 amide bonds. The molecule has 0 heterocycles. The largest absolute Gasteiger partial charge is 0.505 e. The van der Waals surface area contributed by atoms with E-state index in [2.05, 4.69) is 60.1 Å². The third kappa shape index (κ3) is 12.8. The number of non-ortho nitro benzene ring substituents is 2. The summed E-state index contributed by atoms with van der Waals surface area (Å²) in [6.07, 6.45) is 0. The first-order valence-electron chi connectivity index (χ1n) is 19.4. The van der Waals surface area contributed by atoms with E-state index in [1.807, 2.05) is 0 Å². The number of hydrogen-bond acceptors (Lipinski definition) is 27. The van der Waals surface area contributed by atoms with Crippen LogP contribution in [0.15, 0.2) is 166 Å². The van der Waals surface area contributed by atoms with Crippen LogP contribution in [0, 0.1) is 20.2 Å². The summed E-state index contributed by atoms with van der Waals surface area (Å²) in [5, 5.41) is 110. The molecule has 0 aliphatic carbocycles. The Hall–Kier alpha value is -8.32. The van der Waals surface area contributed by atoms with Crippen LogP contribution < -0.4 is 10.6 Å². The lowest BCUT2D eigenvalue weighted by Crippen LogP contribution is -2.04. The molecule has 0 aliphatic rings. The SMILES string of the molecule is O=[N+]([O-])c1ccc(Nc2ccc(N=Nc3c(O)ccc(/N=N/c4cc(S(=O)(=O)O)cc5cc(SOOO)c(N=Nc6ccc(Nc7ccc([N+](=O)[O-])cc7S(=O)(=O)O)cc6)c(O)c45)c3O)cc2)c(SOOO)c1. The lowest BCUT2D eigenvalue weighted by Gasteiger charge is -2.12. The maximum atomic E-state index is 12.4. The summed E-state index contributed by atoms with van der Waals surface area (Å²) in [5.74, 6) is -2.09. The van der Waals surface area contributed by atoms with Crippen LogP contribution in [-0.4, -0.2) is 61.6 Å². The number of nitro groups is 2. The van der Waals surface area contributed by atoms with E-state index in [1.54, 1.807) is 0 Å². The first-order chi connectivity index (χ1) is 34.7. The van der Waals surface area contributed by atoms with Gasteiger partial charge in [-0.15, -0.1) is 29.1 Å². The highest BCUT2D eigenvalue weighted by Gasteiger charge is 2.24. The molecule has 7 aromatic carbocycles. The summed E-state index contributed by atoms with van der Waals surface area (Å²) < 4.78 is 77.5. The molecule has 7 rings (SSSR count). The molecule has 0 unspecified atom stereocenters. The van der Waals surface area contributed by atoms with Gasteiger partial charge in [0.1, 0.15) is 22.0 Å². The quantitative estimate of drug-likeness (QED) is 0.00854. The number of rotatable bonds is 20. The van der Waals surface area contributed by atoms with Crippen LogP contribution in [-0.2, 0) is 39.0 Å². The number of phenolic OH excluding ortho intramolecular Hbond substituents is 3. The topological polar surface area (TPSA) is 431 Å². The minimum atomic E-state index is -4.98. The second-order valence-electron chi connectivity index (χ2n) is 14.1. The van der Waals surface area contributed by atoms with Gasteiger partial charge in [0.25, 0.3) is 31.6 Å². The van der Waals surface area contributed by atoms with Crippen LogP contribution in [0.3, 0.4) is 0 Å². The van der Waals surface area contributed by atoms with Gasteiger partial charge < -0.3 is 26.0 Å². The molecule has 73 heavy (non-hydrogen) atoms. The van der Waals surface area contributed by atoms with Gasteiger partial charge in [0.2, 0.25) is 0 Å². The van der Waals surface area contributed by atoms with Crippen molar-refractivity contribution in [3.63, 3.8) is 0 Å². The molecule has 9 N–H and O–H groups in total. The predicted octanol–water partition coefficient (Wildman–Crippen LogP) is 11.9. The Morgan fingerprint density at radius 2 is 1.07 bits per heavy atom. The molecule has 29 nitrogen and oxygen atoms in total. The molecule has 0 spiro atoms. The molecular formula is C40H28N10O19S4. The van der Waals surface area contributed by atoms with Crippen molar-refractivity contribution in [2.24, 2.45) is 30.7 Å². The van der Waals surface area contributed by atoms with Crippen molar-refractivity contribution in [1.29, 1.82) is 0 Å². The molecule has 0 saturated heterocycles. The monoisotopic (exact) mass is 1080 g/mol. The molecule has 7 aromatic rings. The number of azo groups is 3. The highest BCUT2D eigenvalue weighted by molar-refractivity contribution is 7.95. The zero-order valence-corrected chi connectivity index (χ0v) is 39.0. The van der Waals surface area contributed by atoms with Crippen molar-refractivity contribution >= 4 is 123 Å². The van der Waals surface area contributed by atoms with Gasteiger partial charge in [-0.25, -0.2) is 10.5 Å². The molecule has 0 bridgehead atoms. The fourth-order valence-corrected chi connectivity index (χ4v) is 8.44. The predicted molar refractivity (Wildman–Crippen MR) is 254 cm³/mol. The Bertz CT molecular complexity index is 3610. The van der Waals surface area contributed by atoms with Crippen molar-refractivity contribution in [2.45, 2.75) is 19.6 Å². The molecule has 376 valence electrons. The van der Waals surface area contributed by atoms with Crippen LogP contribution in [0.4, 0.5) is 68.2 Å². The van der Waals surface area contributed by atoms with Gasteiger partial charge in [0.15, 0.2) is 17.2 Å². The highest BCUT2D eigenvalue weighted by atomic mass is 32.2. The number of hydrogen-bond donors (Lipinski definition) is 9. The number of aromatic hydroxyl groups is 3. The Balaban J connectivity index is 1.18. The smallest absolute Gasteiger partial charge is 0.296 e. The number of phenols is 3. The Labute approximate surface area is 415 Å². The average molecular weight is 1080 g/mol. The number of nitro benzene ring substituents is 2. The molecule has 33 heteroatoms. The minimum Gasteiger partial charge on any atom is -0.505 e. The van der Waals surface area contributed by atoms with Crippen LogP contribution in [0.5, 0.6) is 17.2 Å². The number of nitrogens with zero attached hydrogens (tertiary/aromatic N) is 8. The summed E-state index contributed by atoms with van der Waals surface area (Å²) in [4.78, 5) is 19.4. The summed E-state index contributed by atoms with van der Waals surface area (Å²) >= 11 is 0.766. The van der Waals surface area contributed by atoms with E-state index in [-0.39, 0.29) is 66.7 Å². The fraction of sp³-hybridized carbons (Fsp3) is 0. The van der Waals surface area contributed by atoms with Crippen LogP contribution >= 0.6 is 24.1 Å². The number of nitrogens with one attached hydrogen (secondary N) is 2. The van der Waals surface area contributed by atoms with E-state index in [4.69, 9.17) is 10.5 Å². The second kappa shape index (κ2) is 22.4. The van der Waals surface area contributed by atoms with Crippen LogP contribution in [0.2, 0.25) is 0 Å². The average Bonchev–Trinajstić information content (AvgIpc) is 3.35. The van der Waals surface area contributed by atoms with E-state index < -0.39 is 79.9 Å². The summed E-state index contributed by atoms with van der Waals surface area (Å²) in [7, 11) is -9.89. The third-order valence-electron chi connectivity index (χ3n) is 9.54. The molecule has 0 fully saturated rings. The summed E-state index contributed by atoms with van der Waals surface area (Å²) in [6.45, 7) is 0.